The molecule has 2 amide bonds. The molecule has 0 bridgehead atoms. The van der Waals surface area contributed by atoms with Crippen molar-refractivity contribution in [2.75, 3.05) is 16.9 Å². The van der Waals surface area contributed by atoms with Crippen LogP contribution < -0.4 is 21.5 Å². The molecule has 1 unspecified atom stereocenters. The number of piperazine rings is 1. The van der Waals surface area contributed by atoms with Crippen molar-refractivity contribution in [2.24, 2.45) is 5.84 Å². The molecule has 0 saturated carbocycles. The van der Waals surface area contributed by atoms with Gasteiger partial charge in [-0.15, -0.1) is 0 Å². The van der Waals surface area contributed by atoms with Crippen LogP contribution in [0.4, 0.5) is 11.6 Å². The van der Waals surface area contributed by atoms with Crippen LogP contribution in [-0.2, 0) is 9.59 Å². The average Bonchev–Trinajstić information content (AvgIpc) is 2.38. The summed E-state index contributed by atoms with van der Waals surface area (Å²) in [7, 11) is 0. The molecule has 1 atom stereocenters. The van der Waals surface area contributed by atoms with E-state index in [1.165, 1.54) is 0 Å². The van der Waals surface area contributed by atoms with Crippen molar-refractivity contribution in [3.05, 3.63) is 18.2 Å². The van der Waals surface area contributed by atoms with Crippen molar-refractivity contribution in [3.8, 4) is 0 Å². The summed E-state index contributed by atoms with van der Waals surface area (Å²) in [6.45, 7) is 2.00. The van der Waals surface area contributed by atoms with Gasteiger partial charge in [-0.05, 0) is 18.6 Å². The summed E-state index contributed by atoms with van der Waals surface area (Å²) in [5.41, 5.74) is 2.44. The molecule has 1 aliphatic rings. The van der Waals surface area contributed by atoms with Crippen molar-refractivity contribution >= 4 is 23.5 Å². The lowest BCUT2D eigenvalue weighted by Crippen LogP contribution is -2.58. The molecule has 1 saturated heterocycles. The number of nitrogen functional groups attached to an aromatic ring is 1. The molecule has 0 radical (unpaired) electrons. The fourth-order valence-corrected chi connectivity index (χ4v) is 1.98. The minimum absolute atomic E-state index is 0.116. The van der Waals surface area contributed by atoms with Crippen LogP contribution in [0.5, 0.6) is 0 Å². The molecule has 1 aliphatic heterocycles. The van der Waals surface area contributed by atoms with Crippen molar-refractivity contribution < 1.29 is 9.59 Å². The molecule has 2 heterocycles. The second-order valence-electron chi connectivity index (χ2n) is 3.99. The lowest BCUT2D eigenvalue weighted by molar-refractivity contribution is -0.132. The van der Waals surface area contributed by atoms with Crippen LogP contribution in [0.1, 0.15) is 13.3 Å². The fourth-order valence-electron chi connectivity index (χ4n) is 1.98. The molecule has 7 nitrogen and oxygen atoms in total. The van der Waals surface area contributed by atoms with Gasteiger partial charge in [0.2, 0.25) is 11.8 Å². The Hall–Kier alpha value is -2.15. The first kappa shape index (κ1) is 12.3. The molecule has 0 aromatic carbocycles. The van der Waals surface area contributed by atoms with Crippen LogP contribution in [0, 0.1) is 0 Å². The topological polar surface area (TPSA) is 100 Å². The van der Waals surface area contributed by atoms with Crippen molar-refractivity contribution in [2.45, 2.75) is 19.4 Å². The highest BCUT2D eigenvalue weighted by molar-refractivity contribution is 6.04. The summed E-state index contributed by atoms with van der Waals surface area (Å²) in [6, 6.07) is 4.83. The molecule has 1 fully saturated rings. The van der Waals surface area contributed by atoms with Gasteiger partial charge < -0.3 is 10.3 Å². The van der Waals surface area contributed by atoms with Gasteiger partial charge in [-0.25, -0.2) is 10.8 Å². The zero-order chi connectivity index (χ0) is 13.1. The van der Waals surface area contributed by atoms with Gasteiger partial charge >= 0.3 is 0 Å². The molecule has 96 valence electrons. The standard InChI is InChI=1S/C11H15N5O2/c1-2-7-11(18)14-10(17)6-16(7)9-5-3-4-8(13-9)15-12/h3-5,7H,2,6,12H2,1H3,(H,13,15)(H,14,17,18). The lowest BCUT2D eigenvalue weighted by Gasteiger charge is -2.34. The SMILES string of the molecule is CCC1C(=O)NC(=O)CN1c1cccc(NN)n1. The Kier molecular flexibility index (Phi) is 3.42. The van der Waals surface area contributed by atoms with Crippen LogP contribution in [0.3, 0.4) is 0 Å². The first-order valence-electron chi connectivity index (χ1n) is 5.69. The maximum atomic E-state index is 11.7. The zero-order valence-corrected chi connectivity index (χ0v) is 10.0. The molecule has 4 N–H and O–H groups in total. The molecule has 0 aliphatic carbocycles. The van der Waals surface area contributed by atoms with E-state index in [9.17, 15) is 9.59 Å². The average molecular weight is 249 g/mol. The number of hydrogen-bond donors (Lipinski definition) is 3. The van der Waals surface area contributed by atoms with E-state index in [-0.39, 0.29) is 24.4 Å². The van der Waals surface area contributed by atoms with Gasteiger partial charge in [0.05, 0.1) is 6.54 Å². The first-order chi connectivity index (χ1) is 8.65. The number of nitrogens with zero attached hydrogens (tertiary/aromatic N) is 2. The summed E-state index contributed by atoms with van der Waals surface area (Å²) in [5, 5.41) is 2.32. The minimum Gasteiger partial charge on any atom is -0.335 e. The van der Waals surface area contributed by atoms with Gasteiger partial charge in [0, 0.05) is 0 Å². The number of pyridine rings is 1. The molecule has 7 heteroatoms. The number of carbonyl (C=O) groups excluding carboxylic acids is 2. The summed E-state index contributed by atoms with van der Waals surface area (Å²) < 4.78 is 0. The fraction of sp³-hybridized carbons (Fsp3) is 0.364. The second-order valence-corrected chi connectivity index (χ2v) is 3.99. The van der Waals surface area contributed by atoms with E-state index in [1.807, 2.05) is 6.92 Å². The Bertz CT molecular complexity index is 476. The predicted molar refractivity (Wildman–Crippen MR) is 66.6 cm³/mol. The number of anilines is 2. The number of hydrogen-bond acceptors (Lipinski definition) is 6. The maximum absolute atomic E-state index is 11.7. The Morgan fingerprint density at radius 2 is 2.33 bits per heavy atom. The van der Waals surface area contributed by atoms with E-state index < -0.39 is 0 Å². The van der Waals surface area contributed by atoms with Gasteiger partial charge in [-0.1, -0.05) is 13.0 Å². The number of carbonyl (C=O) groups is 2. The quantitative estimate of drug-likeness (QED) is 0.383. The molecule has 2 rings (SSSR count). The van der Waals surface area contributed by atoms with Crippen LogP contribution in [0.25, 0.3) is 0 Å². The van der Waals surface area contributed by atoms with Crippen LogP contribution in [0.2, 0.25) is 0 Å². The number of aromatic nitrogens is 1. The highest BCUT2D eigenvalue weighted by Gasteiger charge is 2.33. The molecule has 18 heavy (non-hydrogen) atoms. The van der Waals surface area contributed by atoms with Crippen LogP contribution in [0.15, 0.2) is 18.2 Å². The third kappa shape index (κ3) is 2.25. The zero-order valence-electron chi connectivity index (χ0n) is 10.0. The summed E-state index contributed by atoms with van der Waals surface area (Å²) in [6.07, 6.45) is 0.598. The largest absolute Gasteiger partial charge is 0.335 e. The monoisotopic (exact) mass is 249 g/mol. The Labute approximate surface area is 104 Å². The predicted octanol–water partition coefficient (Wildman–Crippen LogP) is -0.391. The van der Waals surface area contributed by atoms with Gasteiger partial charge in [-0.3, -0.25) is 14.9 Å². The maximum Gasteiger partial charge on any atom is 0.249 e. The van der Waals surface area contributed by atoms with E-state index >= 15 is 0 Å². The van der Waals surface area contributed by atoms with Gasteiger partial charge in [0.15, 0.2) is 0 Å². The molecular weight excluding hydrogens is 234 g/mol. The number of imide groups is 1. The third-order valence-electron chi connectivity index (χ3n) is 2.82. The van der Waals surface area contributed by atoms with Crippen molar-refractivity contribution in [3.63, 3.8) is 0 Å². The second kappa shape index (κ2) is 5.01. The molecule has 1 aromatic heterocycles. The molecular formula is C11H15N5O2. The number of hydrazine groups is 1. The lowest BCUT2D eigenvalue weighted by atomic mass is 10.1. The Morgan fingerprint density at radius 3 is 3.00 bits per heavy atom. The van der Waals surface area contributed by atoms with E-state index in [0.717, 1.165) is 0 Å². The van der Waals surface area contributed by atoms with E-state index in [4.69, 9.17) is 5.84 Å². The molecule has 1 aromatic rings. The van der Waals surface area contributed by atoms with Gasteiger partial charge in [-0.2, -0.15) is 0 Å². The molecule has 0 spiro atoms. The first-order valence-corrected chi connectivity index (χ1v) is 5.69. The van der Waals surface area contributed by atoms with E-state index in [0.29, 0.717) is 18.1 Å². The third-order valence-corrected chi connectivity index (χ3v) is 2.82. The van der Waals surface area contributed by atoms with Gasteiger partial charge in [0.1, 0.15) is 17.7 Å². The van der Waals surface area contributed by atoms with Crippen LogP contribution in [-0.4, -0.2) is 29.4 Å². The summed E-state index contributed by atoms with van der Waals surface area (Å²) in [5.74, 6) is 5.72. The Balaban J connectivity index is 2.33. The van der Waals surface area contributed by atoms with Crippen molar-refractivity contribution in [1.29, 1.82) is 0 Å². The van der Waals surface area contributed by atoms with Gasteiger partial charge in [0.25, 0.3) is 0 Å². The van der Waals surface area contributed by atoms with E-state index in [1.54, 1.807) is 23.1 Å². The Morgan fingerprint density at radius 1 is 1.56 bits per heavy atom. The number of rotatable bonds is 3. The van der Waals surface area contributed by atoms with Crippen molar-refractivity contribution in [1.82, 2.24) is 10.3 Å². The van der Waals surface area contributed by atoms with E-state index in [2.05, 4.69) is 15.7 Å². The highest BCUT2D eigenvalue weighted by Crippen LogP contribution is 2.20. The minimum atomic E-state index is -0.386. The number of nitrogens with two attached hydrogens (primary N) is 1. The normalized spacial score (nSPS) is 19.7. The van der Waals surface area contributed by atoms with Crippen LogP contribution >= 0.6 is 0 Å². The highest BCUT2D eigenvalue weighted by atomic mass is 16.2. The smallest absolute Gasteiger partial charge is 0.249 e. The number of nitrogens with one attached hydrogen (secondary N) is 2. The number of amides is 2. The summed E-state index contributed by atoms with van der Waals surface area (Å²) in [4.78, 5) is 29.1. The summed E-state index contributed by atoms with van der Waals surface area (Å²) >= 11 is 0.